The Hall–Kier alpha value is -1.65. The first-order valence-corrected chi connectivity index (χ1v) is 5.60. The second-order valence-corrected chi connectivity index (χ2v) is 4.22. The molecule has 0 atom stereocenters. The van der Waals surface area contributed by atoms with Crippen molar-refractivity contribution in [3.8, 4) is 0 Å². The summed E-state index contributed by atoms with van der Waals surface area (Å²) in [5.41, 5.74) is -2.33. The van der Waals surface area contributed by atoms with Crippen LogP contribution in [-0.4, -0.2) is 30.0 Å². The summed E-state index contributed by atoms with van der Waals surface area (Å²) < 4.78 is 100. The van der Waals surface area contributed by atoms with Crippen LogP contribution in [-0.2, 0) is 6.18 Å². The van der Waals surface area contributed by atoms with Gasteiger partial charge in [-0.25, -0.2) is 4.98 Å². The fourth-order valence-electron chi connectivity index (χ4n) is 1.26. The molecule has 0 aromatic carbocycles. The van der Waals surface area contributed by atoms with Gasteiger partial charge in [0.2, 0.25) is 0 Å². The van der Waals surface area contributed by atoms with E-state index in [-0.39, 0.29) is 6.07 Å². The largest absolute Gasteiger partial charge is 0.461 e. The summed E-state index contributed by atoms with van der Waals surface area (Å²) in [5.74, 6) is -7.26. The van der Waals surface area contributed by atoms with Crippen LogP contribution < -0.4 is 5.32 Å². The maximum atomic E-state index is 13.1. The Morgan fingerprint density at radius 1 is 1.09 bits per heavy atom. The number of aromatic nitrogens is 1. The van der Waals surface area contributed by atoms with Gasteiger partial charge < -0.3 is 5.32 Å². The number of anilines is 1. The Kier molecular flexibility index (Phi) is 4.90. The molecule has 0 aliphatic rings. The van der Waals surface area contributed by atoms with Crippen LogP contribution in [0.4, 0.5) is 40.8 Å². The van der Waals surface area contributed by atoms with Crippen LogP contribution in [0.1, 0.15) is 5.69 Å². The summed E-state index contributed by atoms with van der Waals surface area (Å²) in [5, 5.41) is 0.737. The van der Waals surface area contributed by atoms with Crippen molar-refractivity contribution >= 4 is 23.1 Å². The minimum absolute atomic E-state index is 0.226. The molecule has 0 fully saturated rings. The molecule has 1 heterocycles. The number of halogens is 9. The molecule has 1 rings (SSSR count). The Bertz CT molecular complexity index is 579. The Labute approximate surface area is 123 Å². The van der Waals surface area contributed by atoms with Gasteiger partial charge in [0.15, 0.2) is 5.84 Å². The molecular formula is C10H6ClF8N3. The molecule has 124 valence electrons. The molecule has 0 amide bonds. The summed E-state index contributed by atoms with van der Waals surface area (Å²) in [6.45, 7) is 0. The molecule has 3 nitrogen and oxygen atoms in total. The third-order valence-electron chi connectivity index (χ3n) is 2.22. The lowest BCUT2D eigenvalue weighted by molar-refractivity contribution is -0.249. The van der Waals surface area contributed by atoms with Crippen molar-refractivity contribution in [3.63, 3.8) is 0 Å². The first-order valence-electron chi connectivity index (χ1n) is 5.22. The molecule has 1 aromatic heterocycles. The van der Waals surface area contributed by atoms with E-state index in [0.29, 0.717) is 13.1 Å². The molecular weight excluding hydrogens is 350 g/mol. The van der Waals surface area contributed by atoms with E-state index in [4.69, 9.17) is 11.6 Å². The number of alkyl halides is 8. The van der Waals surface area contributed by atoms with E-state index in [1.165, 1.54) is 5.32 Å². The summed E-state index contributed by atoms with van der Waals surface area (Å²) in [6, 6.07) is 0.873. The van der Waals surface area contributed by atoms with E-state index >= 15 is 0 Å². The summed E-state index contributed by atoms with van der Waals surface area (Å²) in [6.07, 6.45) is -10.9. The Morgan fingerprint density at radius 2 is 1.64 bits per heavy atom. The molecule has 22 heavy (non-hydrogen) atoms. The normalized spacial score (nSPS) is 14.2. The van der Waals surface area contributed by atoms with Crippen LogP contribution >= 0.6 is 11.6 Å². The topological polar surface area (TPSA) is 37.3 Å². The maximum Gasteiger partial charge on any atom is 0.461 e. The highest BCUT2D eigenvalue weighted by atomic mass is 35.5. The second-order valence-electron chi connectivity index (χ2n) is 3.83. The zero-order valence-electron chi connectivity index (χ0n) is 10.5. The molecule has 0 spiro atoms. The van der Waals surface area contributed by atoms with Crippen molar-refractivity contribution in [1.82, 2.24) is 4.98 Å². The van der Waals surface area contributed by atoms with Crippen LogP contribution in [0.25, 0.3) is 0 Å². The third kappa shape index (κ3) is 3.96. The van der Waals surface area contributed by atoms with Gasteiger partial charge in [-0.2, -0.15) is 35.1 Å². The van der Waals surface area contributed by atoms with Crippen molar-refractivity contribution in [2.45, 2.75) is 18.3 Å². The number of hydrogen-bond donors (Lipinski definition) is 1. The number of nitrogens with zero attached hydrogens (tertiary/aromatic N) is 2. The first-order chi connectivity index (χ1) is 9.79. The fraction of sp³-hybridized carbons (Fsp3) is 0.400. The Balaban J connectivity index is 3.21. The molecule has 1 aromatic rings. The van der Waals surface area contributed by atoms with Crippen LogP contribution in [0.3, 0.4) is 0 Å². The standard InChI is InChI=1S/C10H6ClF8N3/c1-20-7(8(12,13)10(17,18)19)21-4-2-5(9(14,15)16)22-6(11)3-4/h2-3H,1H3,(H,20,21,22). The zero-order chi connectivity index (χ0) is 17.3. The average molecular weight is 356 g/mol. The SMILES string of the molecule is CN=C(Nc1cc(Cl)nc(C(F)(F)F)c1)C(F)(F)C(F)(F)F. The summed E-state index contributed by atoms with van der Waals surface area (Å²) >= 11 is 5.29. The van der Waals surface area contributed by atoms with Gasteiger partial charge in [-0.05, 0) is 12.1 Å². The van der Waals surface area contributed by atoms with Gasteiger partial charge >= 0.3 is 18.3 Å². The molecule has 0 aliphatic heterocycles. The lowest BCUT2D eigenvalue weighted by Gasteiger charge is -2.22. The molecule has 0 radical (unpaired) electrons. The Morgan fingerprint density at radius 3 is 2.05 bits per heavy atom. The fourth-order valence-corrected chi connectivity index (χ4v) is 1.47. The van der Waals surface area contributed by atoms with Gasteiger partial charge in [-0.1, -0.05) is 11.6 Å². The quantitative estimate of drug-likeness (QED) is 0.370. The predicted octanol–water partition coefficient (Wildman–Crippen LogP) is 4.39. The van der Waals surface area contributed by atoms with Crippen molar-refractivity contribution in [3.05, 3.63) is 23.0 Å². The minimum Gasteiger partial charge on any atom is -0.339 e. The number of hydrogen-bond acceptors (Lipinski definition) is 2. The van der Waals surface area contributed by atoms with Gasteiger partial charge in [0.25, 0.3) is 0 Å². The zero-order valence-corrected chi connectivity index (χ0v) is 11.2. The minimum atomic E-state index is -5.97. The molecule has 0 bridgehead atoms. The summed E-state index contributed by atoms with van der Waals surface area (Å²) in [7, 11) is 0.620. The van der Waals surface area contributed by atoms with Gasteiger partial charge in [0.1, 0.15) is 10.8 Å². The van der Waals surface area contributed by atoms with Gasteiger partial charge in [0, 0.05) is 12.7 Å². The highest BCUT2D eigenvalue weighted by molar-refractivity contribution is 6.29. The highest BCUT2D eigenvalue weighted by Crippen LogP contribution is 2.37. The lowest BCUT2D eigenvalue weighted by Crippen LogP contribution is -2.47. The second kappa shape index (κ2) is 5.86. The number of amidine groups is 1. The predicted molar refractivity (Wildman–Crippen MR) is 62.2 cm³/mol. The van der Waals surface area contributed by atoms with E-state index in [2.05, 4.69) is 9.98 Å². The van der Waals surface area contributed by atoms with Crippen LogP contribution in [0.15, 0.2) is 17.1 Å². The number of rotatable bonds is 2. The third-order valence-corrected chi connectivity index (χ3v) is 2.42. The van der Waals surface area contributed by atoms with Gasteiger partial charge in [0.05, 0.1) is 0 Å². The van der Waals surface area contributed by atoms with E-state index in [1.807, 2.05) is 0 Å². The number of pyridine rings is 1. The highest BCUT2D eigenvalue weighted by Gasteiger charge is 2.61. The van der Waals surface area contributed by atoms with E-state index in [9.17, 15) is 35.1 Å². The molecule has 0 saturated heterocycles. The van der Waals surface area contributed by atoms with E-state index in [0.717, 1.165) is 0 Å². The lowest BCUT2D eigenvalue weighted by atomic mass is 10.2. The van der Waals surface area contributed by atoms with E-state index < -0.39 is 40.6 Å². The van der Waals surface area contributed by atoms with Crippen molar-refractivity contribution in [1.29, 1.82) is 0 Å². The molecule has 12 heteroatoms. The molecule has 0 aliphatic carbocycles. The van der Waals surface area contributed by atoms with Crippen LogP contribution in [0.5, 0.6) is 0 Å². The monoisotopic (exact) mass is 355 g/mol. The van der Waals surface area contributed by atoms with Gasteiger partial charge in [-0.15, -0.1) is 0 Å². The van der Waals surface area contributed by atoms with Gasteiger partial charge in [-0.3, -0.25) is 4.99 Å². The first kappa shape index (κ1) is 18.4. The van der Waals surface area contributed by atoms with Crippen LogP contribution in [0.2, 0.25) is 5.15 Å². The molecule has 0 saturated carbocycles. The summed E-state index contributed by atoms with van der Waals surface area (Å²) in [4.78, 5) is 5.63. The van der Waals surface area contributed by atoms with E-state index in [1.54, 1.807) is 0 Å². The number of nitrogens with one attached hydrogen (secondary N) is 1. The smallest absolute Gasteiger partial charge is 0.339 e. The van der Waals surface area contributed by atoms with Crippen molar-refractivity contribution < 1.29 is 35.1 Å². The molecule has 0 unspecified atom stereocenters. The maximum absolute atomic E-state index is 13.1. The molecule has 1 N–H and O–H groups in total. The van der Waals surface area contributed by atoms with Crippen molar-refractivity contribution in [2.75, 3.05) is 12.4 Å². The number of aliphatic imine (C=N–C) groups is 1. The average Bonchev–Trinajstić information content (AvgIpc) is 2.32. The van der Waals surface area contributed by atoms with Crippen molar-refractivity contribution in [2.24, 2.45) is 4.99 Å². The van der Waals surface area contributed by atoms with Crippen LogP contribution in [0, 0.1) is 0 Å².